The zero-order valence-corrected chi connectivity index (χ0v) is 8.84. The number of carbonyl (C=O) groups excluding carboxylic acids is 1. The number of hydrogen-bond donors (Lipinski definition) is 0. The van der Waals surface area contributed by atoms with Gasteiger partial charge in [0.2, 0.25) is 0 Å². The molecule has 4 nitrogen and oxygen atoms in total. The summed E-state index contributed by atoms with van der Waals surface area (Å²) in [5.41, 5.74) is -1.25. The van der Waals surface area contributed by atoms with E-state index in [0.717, 1.165) is 0 Å². The van der Waals surface area contributed by atoms with Gasteiger partial charge in [-0.05, 0) is 14.1 Å². The highest BCUT2D eigenvalue weighted by atomic mass is 19.4. The molecule has 1 heterocycles. The Balaban J connectivity index is 2.90. The summed E-state index contributed by atoms with van der Waals surface area (Å²) >= 11 is 0. The van der Waals surface area contributed by atoms with Crippen LogP contribution in [0.2, 0.25) is 0 Å². The summed E-state index contributed by atoms with van der Waals surface area (Å²) < 4.78 is 41.8. The Labute approximate surface area is 90.1 Å². The van der Waals surface area contributed by atoms with E-state index in [4.69, 9.17) is 4.42 Å². The molecule has 1 aromatic heterocycles. The van der Waals surface area contributed by atoms with E-state index in [1.54, 1.807) is 19.0 Å². The van der Waals surface area contributed by atoms with Gasteiger partial charge in [0.05, 0.1) is 0 Å². The number of oxazole rings is 1. The summed E-state index contributed by atoms with van der Waals surface area (Å²) in [6.45, 7) is 0.496. The first-order valence-electron chi connectivity index (χ1n) is 4.51. The zero-order chi connectivity index (χ0) is 12.3. The van der Waals surface area contributed by atoms with Crippen molar-refractivity contribution in [3.05, 3.63) is 17.3 Å². The topological polar surface area (TPSA) is 46.3 Å². The Morgan fingerprint density at radius 3 is 2.44 bits per heavy atom. The van der Waals surface area contributed by atoms with Gasteiger partial charge in [-0.2, -0.15) is 13.2 Å². The van der Waals surface area contributed by atoms with Crippen LogP contribution in [0.25, 0.3) is 0 Å². The molecular formula is C9H11F3N2O2. The lowest BCUT2D eigenvalue weighted by molar-refractivity contribution is -0.141. The maximum Gasteiger partial charge on any atom is 0.437 e. The van der Waals surface area contributed by atoms with Gasteiger partial charge in [0.25, 0.3) is 0 Å². The number of rotatable bonds is 4. The molecule has 7 heteroatoms. The van der Waals surface area contributed by atoms with Crippen molar-refractivity contribution >= 4 is 6.29 Å². The third-order valence-electron chi connectivity index (χ3n) is 1.85. The Morgan fingerprint density at radius 2 is 2.06 bits per heavy atom. The molecule has 0 unspecified atom stereocenters. The fourth-order valence-corrected chi connectivity index (χ4v) is 1.09. The normalized spacial score (nSPS) is 12.1. The van der Waals surface area contributed by atoms with Crippen molar-refractivity contribution in [1.82, 2.24) is 9.88 Å². The van der Waals surface area contributed by atoms with E-state index in [2.05, 4.69) is 4.98 Å². The minimum atomic E-state index is -4.66. The quantitative estimate of drug-likeness (QED) is 0.745. The molecular weight excluding hydrogens is 225 g/mol. The average molecular weight is 236 g/mol. The Kier molecular flexibility index (Phi) is 3.69. The SMILES string of the molecule is CN(C)CCc1nc(C(F)(F)F)c(C=O)o1. The summed E-state index contributed by atoms with van der Waals surface area (Å²) in [5, 5.41) is 0. The van der Waals surface area contributed by atoms with Crippen molar-refractivity contribution in [2.24, 2.45) is 0 Å². The number of halogens is 3. The van der Waals surface area contributed by atoms with Gasteiger partial charge in [0.1, 0.15) is 0 Å². The summed E-state index contributed by atoms with van der Waals surface area (Å²) in [5.74, 6) is -0.843. The van der Waals surface area contributed by atoms with Crippen LogP contribution in [0, 0.1) is 0 Å². The molecule has 0 aromatic carbocycles. The van der Waals surface area contributed by atoms with Crippen LogP contribution in [0.5, 0.6) is 0 Å². The highest BCUT2D eigenvalue weighted by molar-refractivity contribution is 5.72. The van der Waals surface area contributed by atoms with E-state index in [1.807, 2.05) is 0 Å². The highest BCUT2D eigenvalue weighted by Crippen LogP contribution is 2.31. The van der Waals surface area contributed by atoms with E-state index < -0.39 is 17.6 Å². The summed E-state index contributed by atoms with van der Waals surface area (Å²) in [4.78, 5) is 15.4. The fourth-order valence-electron chi connectivity index (χ4n) is 1.09. The van der Waals surface area contributed by atoms with Gasteiger partial charge in [-0.1, -0.05) is 0 Å². The van der Waals surface area contributed by atoms with Crippen LogP contribution in [0.3, 0.4) is 0 Å². The number of likely N-dealkylation sites (N-methyl/N-ethyl adjacent to an activating group) is 1. The summed E-state index contributed by atoms with van der Waals surface area (Å²) in [6.07, 6.45) is -4.41. The molecule has 0 amide bonds. The predicted molar refractivity (Wildman–Crippen MR) is 49.2 cm³/mol. The minimum Gasteiger partial charge on any atom is -0.437 e. The lowest BCUT2D eigenvalue weighted by Crippen LogP contribution is -2.15. The van der Waals surface area contributed by atoms with E-state index >= 15 is 0 Å². The van der Waals surface area contributed by atoms with Gasteiger partial charge >= 0.3 is 6.18 Å². The predicted octanol–water partition coefficient (Wildman–Crippen LogP) is 1.61. The Morgan fingerprint density at radius 1 is 1.44 bits per heavy atom. The highest BCUT2D eigenvalue weighted by Gasteiger charge is 2.38. The number of hydrogen-bond acceptors (Lipinski definition) is 4. The van der Waals surface area contributed by atoms with Crippen LogP contribution < -0.4 is 0 Å². The molecule has 0 fully saturated rings. The molecule has 1 rings (SSSR count). The minimum absolute atomic E-state index is 0.0228. The van der Waals surface area contributed by atoms with Crippen LogP contribution in [-0.2, 0) is 12.6 Å². The van der Waals surface area contributed by atoms with Gasteiger partial charge in [-0.3, -0.25) is 4.79 Å². The molecule has 0 N–H and O–H groups in total. The van der Waals surface area contributed by atoms with Crippen molar-refractivity contribution in [2.75, 3.05) is 20.6 Å². The fraction of sp³-hybridized carbons (Fsp3) is 0.556. The first kappa shape index (κ1) is 12.7. The first-order valence-corrected chi connectivity index (χ1v) is 4.51. The Hall–Kier alpha value is -1.37. The van der Waals surface area contributed by atoms with E-state index in [-0.39, 0.29) is 18.6 Å². The third-order valence-corrected chi connectivity index (χ3v) is 1.85. The lowest BCUT2D eigenvalue weighted by Gasteiger charge is -2.05. The van der Waals surface area contributed by atoms with E-state index in [9.17, 15) is 18.0 Å². The largest absolute Gasteiger partial charge is 0.437 e. The summed E-state index contributed by atoms with van der Waals surface area (Å²) in [7, 11) is 3.54. The van der Waals surface area contributed by atoms with E-state index in [0.29, 0.717) is 6.54 Å². The van der Waals surface area contributed by atoms with Crippen molar-refractivity contribution in [1.29, 1.82) is 0 Å². The number of nitrogens with zero attached hydrogens (tertiary/aromatic N) is 2. The van der Waals surface area contributed by atoms with E-state index in [1.165, 1.54) is 0 Å². The van der Waals surface area contributed by atoms with Crippen LogP contribution in [-0.4, -0.2) is 36.8 Å². The molecule has 90 valence electrons. The second-order valence-electron chi connectivity index (χ2n) is 3.49. The van der Waals surface area contributed by atoms with Gasteiger partial charge in [-0.25, -0.2) is 4.98 Å². The smallest absolute Gasteiger partial charge is 0.437 e. The van der Waals surface area contributed by atoms with Crippen molar-refractivity contribution in [3.63, 3.8) is 0 Å². The molecule has 0 saturated heterocycles. The number of aldehydes is 1. The van der Waals surface area contributed by atoms with Crippen molar-refractivity contribution in [3.8, 4) is 0 Å². The number of alkyl halides is 3. The van der Waals surface area contributed by atoms with Crippen LogP contribution in [0.15, 0.2) is 4.42 Å². The van der Waals surface area contributed by atoms with Crippen LogP contribution in [0.4, 0.5) is 13.2 Å². The molecule has 1 aromatic rings. The monoisotopic (exact) mass is 236 g/mol. The maximum atomic E-state index is 12.4. The van der Waals surface area contributed by atoms with Crippen LogP contribution >= 0.6 is 0 Å². The molecule has 0 radical (unpaired) electrons. The second kappa shape index (κ2) is 4.65. The molecule has 0 aliphatic carbocycles. The van der Waals surface area contributed by atoms with Gasteiger partial charge < -0.3 is 9.32 Å². The maximum absolute atomic E-state index is 12.4. The summed E-state index contributed by atoms with van der Waals surface area (Å²) in [6, 6.07) is 0. The molecule has 16 heavy (non-hydrogen) atoms. The first-order chi connectivity index (χ1) is 7.34. The third kappa shape index (κ3) is 3.06. The standard InChI is InChI=1S/C9H11F3N2O2/c1-14(2)4-3-7-13-8(9(10,11)12)6(5-15)16-7/h5H,3-4H2,1-2H3. The zero-order valence-electron chi connectivity index (χ0n) is 8.84. The van der Waals surface area contributed by atoms with Gasteiger partial charge in [0.15, 0.2) is 23.6 Å². The van der Waals surface area contributed by atoms with Crippen molar-refractivity contribution < 1.29 is 22.4 Å². The molecule has 0 aliphatic heterocycles. The number of carbonyl (C=O) groups is 1. The van der Waals surface area contributed by atoms with Gasteiger partial charge in [-0.15, -0.1) is 0 Å². The molecule has 0 saturated carbocycles. The van der Waals surface area contributed by atoms with Gasteiger partial charge in [0, 0.05) is 13.0 Å². The lowest BCUT2D eigenvalue weighted by atomic mass is 10.3. The average Bonchev–Trinajstić information content (AvgIpc) is 2.57. The second-order valence-corrected chi connectivity index (χ2v) is 3.49. The Bertz CT molecular complexity index is 371. The molecule has 0 aliphatic rings. The van der Waals surface area contributed by atoms with Crippen LogP contribution in [0.1, 0.15) is 22.1 Å². The molecule has 0 spiro atoms. The van der Waals surface area contributed by atoms with Crippen molar-refractivity contribution in [2.45, 2.75) is 12.6 Å². The molecule has 0 atom stereocenters. The number of aromatic nitrogens is 1. The molecule has 0 bridgehead atoms.